The standard InChI is InChI=1S/C52H47ClF10N7O12PS2/c1-48(2,43-26(18-40(73)74)7-6-8-37(43)82-83(75,76)77)21-39(72)70(84(78)79)22-36-42-34(53)12-11-31(45(42)69(66-36)24-50(56,57)58)30-10-9-29(13-14-49(3,4)85(5,80)81)64-44(30)35(17-25-15-27(54)19-28(55)16-25)65-38(71)23-68-47-41(46(67-68)52(61,62)63)32-20-33(32)51(47,59)60/h6-12,15-16,19,32-33,35H,17-18,20-24H2,1-5H3,(H,65,71)(H,73,74)(H,78,79)(H2,75,76,77)/p-1/t32-,33+,35?/m0/s1. The van der Waals surface area contributed by atoms with Crippen LogP contribution in [0.5, 0.6) is 5.75 Å². The Kier molecular flexibility index (Phi) is 17.1. The molecule has 1 saturated carbocycles. The van der Waals surface area contributed by atoms with Gasteiger partial charge in [0.15, 0.2) is 15.5 Å². The smallest absolute Gasteiger partial charge is 0.524 e. The van der Waals surface area contributed by atoms with Gasteiger partial charge in [0, 0.05) is 57.7 Å². The Morgan fingerprint density at radius 2 is 1.64 bits per heavy atom. The average Bonchev–Trinajstić information content (AvgIpc) is 1.53. The topological polar surface area (TPSA) is 276 Å². The van der Waals surface area contributed by atoms with E-state index in [0.717, 1.165) is 48.7 Å². The molecule has 3 heterocycles. The van der Waals surface area contributed by atoms with Crippen molar-refractivity contribution in [2.45, 2.75) is 113 Å². The summed E-state index contributed by atoms with van der Waals surface area (Å²) in [6.07, 6.45) is -12.3. The maximum absolute atomic E-state index is 15.7. The van der Waals surface area contributed by atoms with Crippen molar-refractivity contribution in [1.82, 2.24) is 34.2 Å². The number of fused-ring (bicyclic) bond motifs is 4. The minimum Gasteiger partial charge on any atom is -0.755 e. The van der Waals surface area contributed by atoms with Crippen molar-refractivity contribution in [3.8, 4) is 28.7 Å². The Morgan fingerprint density at radius 3 is 2.22 bits per heavy atom. The molecule has 2 amide bonds. The third-order valence-corrected chi connectivity index (χ3v) is 17.5. The number of hydrogen-bond donors (Lipinski definition) is 4. The zero-order valence-corrected chi connectivity index (χ0v) is 47.9. The lowest BCUT2D eigenvalue weighted by Crippen LogP contribution is -2.37. The van der Waals surface area contributed by atoms with Crippen LogP contribution >= 0.6 is 19.4 Å². The van der Waals surface area contributed by atoms with Crippen molar-refractivity contribution in [3.05, 3.63) is 128 Å². The van der Waals surface area contributed by atoms with Crippen LogP contribution in [0.1, 0.15) is 103 Å². The third kappa shape index (κ3) is 13.8. The van der Waals surface area contributed by atoms with Gasteiger partial charge < -0.3 is 19.5 Å². The molecule has 2 unspecified atom stereocenters. The van der Waals surface area contributed by atoms with E-state index in [1.807, 2.05) is 0 Å². The highest BCUT2D eigenvalue weighted by molar-refractivity contribution is 7.92. The number of sulfone groups is 1. The van der Waals surface area contributed by atoms with E-state index in [4.69, 9.17) is 16.1 Å². The van der Waals surface area contributed by atoms with Gasteiger partial charge in [-0.1, -0.05) is 49.6 Å². The first kappa shape index (κ1) is 64.1. The van der Waals surface area contributed by atoms with Crippen molar-refractivity contribution >= 4 is 69.2 Å². The minimum atomic E-state index is -5.38. The second kappa shape index (κ2) is 22.7. The normalized spacial score (nSPS) is 16.7. The largest absolute Gasteiger partial charge is 0.755 e. The fraction of sp³-hybridized carbons (Fsp3) is 0.385. The Balaban J connectivity index is 1.30. The molecule has 4 N–H and O–H groups in total. The quantitative estimate of drug-likeness (QED) is 0.0255. The summed E-state index contributed by atoms with van der Waals surface area (Å²) in [6, 6.07) is 8.10. The van der Waals surface area contributed by atoms with E-state index in [2.05, 4.69) is 32.3 Å². The van der Waals surface area contributed by atoms with Crippen LogP contribution in [0.4, 0.5) is 43.9 Å². The number of phosphoric acid groups is 1. The van der Waals surface area contributed by atoms with Crippen LogP contribution in [-0.4, -0.2) is 95.9 Å². The first-order valence-corrected chi connectivity index (χ1v) is 29.7. The number of aromatic nitrogens is 5. The number of alkyl halides is 8. The number of rotatable bonds is 19. The highest BCUT2D eigenvalue weighted by Gasteiger charge is 2.68. The van der Waals surface area contributed by atoms with Gasteiger partial charge in [-0.05, 0) is 86.1 Å². The highest BCUT2D eigenvalue weighted by Crippen LogP contribution is 2.68. The predicted octanol–water partition coefficient (Wildman–Crippen LogP) is 8.88. The van der Waals surface area contributed by atoms with Crippen LogP contribution in [0.15, 0.2) is 60.7 Å². The molecule has 3 aromatic heterocycles. The SMILES string of the molecule is CC(C)(CC(=O)N(Cc1nn(CC(F)(F)F)c2c(-c3ccc(C#CC(C)(C)S(C)(=O)=O)nc3C(Cc3cc(F)cc(F)c3)NC(=O)Cn3nc(C(F)(F)F)c4c3C(F)(F)[C@@H]3C[C@H]43)ccc(Cl)c12)S(=O)[O-])c1c(CC(=O)O)cccc1OP(=O)(O)O. The number of phosphoric ester groups is 1. The predicted molar refractivity (Wildman–Crippen MR) is 280 cm³/mol. The summed E-state index contributed by atoms with van der Waals surface area (Å²) in [7, 11) is -9.33. The molecular formula is C52H46ClF10N7O12PS2-. The van der Waals surface area contributed by atoms with Gasteiger partial charge in [-0.15, -0.1) is 0 Å². The number of pyridine rings is 1. The van der Waals surface area contributed by atoms with Crippen molar-refractivity contribution in [2.75, 3.05) is 6.26 Å². The molecule has 0 aliphatic heterocycles. The molecule has 0 radical (unpaired) electrons. The van der Waals surface area contributed by atoms with Gasteiger partial charge >= 0.3 is 26.1 Å². The number of carboxylic acid groups (broad SMARTS) is 1. The van der Waals surface area contributed by atoms with E-state index in [1.54, 1.807) is 0 Å². The lowest BCUT2D eigenvalue weighted by atomic mass is 9.77. The number of aliphatic carboxylic acids is 1. The van der Waals surface area contributed by atoms with Crippen LogP contribution in [0.3, 0.4) is 0 Å². The van der Waals surface area contributed by atoms with E-state index < -0.39 is 194 Å². The van der Waals surface area contributed by atoms with E-state index in [1.165, 1.54) is 39.8 Å². The summed E-state index contributed by atoms with van der Waals surface area (Å²) in [6.45, 7) is 0.436. The minimum absolute atomic E-state index is 0.113. The lowest BCUT2D eigenvalue weighted by molar-refractivity contribution is -0.143. The number of carbonyl (C=O) groups excluding carboxylic acids is 2. The molecule has 456 valence electrons. The van der Waals surface area contributed by atoms with E-state index in [0.29, 0.717) is 10.7 Å². The van der Waals surface area contributed by atoms with Crippen LogP contribution in [0.2, 0.25) is 5.02 Å². The van der Waals surface area contributed by atoms with Crippen LogP contribution in [0.25, 0.3) is 22.0 Å². The van der Waals surface area contributed by atoms with Gasteiger partial charge in [0.2, 0.25) is 11.8 Å². The molecule has 1 fully saturated rings. The number of carboxylic acids is 1. The molecule has 6 aromatic rings. The Hall–Kier alpha value is -6.94. The number of halogens is 11. The molecule has 0 saturated heterocycles. The van der Waals surface area contributed by atoms with E-state index in [9.17, 15) is 86.1 Å². The molecular weight excluding hydrogens is 1240 g/mol. The van der Waals surface area contributed by atoms with Crippen molar-refractivity contribution in [2.24, 2.45) is 5.92 Å². The average molecular weight is 1280 g/mol. The van der Waals surface area contributed by atoms with Crippen LogP contribution < -0.4 is 9.84 Å². The third-order valence-electron chi connectivity index (χ3n) is 14.1. The molecule has 19 nitrogen and oxygen atoms in total. The molecule has 85 heavy (non-hydrogen) atoms. The zero-order chi connectivity index (χ0) is 63.1. The summed E-state index contributed by atoms with van der Waals surface area (Å²) in [5.74, 6) is -8.66. The van der Waals surface area contributed by atoms with Gasteiger partial charge in [-0.25, -0.2) is 26.7 Å². The summed E-state index contributed by atoms with van der Waals surface area (Å²) in [5, 5.41) is 18.6. The van der Waals surface area contributed by atoms with Crippen molar-refractivity contribution in [3.63, 3.8) is 0 Å². The summed E-state index contributed by atoms with van der Waals surface area (Å²) >= 11 is 3.11. The van der Waals surface area contributed by atoms with Crippen LogP contribution in [0, 0.1) is 29.4 Å². The van der Waals surface area contributed by atoms with Gasteiger partial charge in [-0.3, -0.25) is 42.0 Å². The molecule has 0 bridgehead atoms. The molecule has 8 rings (SSSR count). The summed E-state index contributed by atoms with van der Waals surface area (Å²) in [5.41, 5.74) is -8.84. The Bertz CT molecular complexity index is 3970. The Labute approximate surface area is 483 Å². The van der Waals surface area contributed by atoms with Gasteiger partial charge in [0.25, 0.3) is 5.92 Å². The zero-order valence-electron chi connectivity index (χ0n) is 44.6. The molecule has 4 atom stereocenters. The molecule has 2 aliphatic carbocycles. The fourth-order valence-electron chi connectivity index (χ4n) is 10.2. The number of nitrogens with one attached hydrogen (secondary N) is 1. The van der Waals surface area contributed by atoms with E-state index in [-0.39, 0.29) is 48.9 Å². The molecule has 33 heteroatoms. The maximum atomic E-state index is 15.7. The van der Waals surface area contributed by atoms with Crippen LogP contribution in [-0.2, 0) is 90.0 Å². The number of carbonyl (C=O) groups is 3. The number of benzene rings is 3. The lowest BCUT2D eigenvalue weighted by Gasteiger charge is -2.32. The summed E-state index contributed by atoms with van der Waals surface area (Å²) in [4.78, 5) is 64.3. The second-order valence-corrected chi connectivity index (χ2v) is 26.3. The fourth-order valence-corrected chi connectivity index (χ4v) is 11.6. The first-order chi connectivity index (χ1) is 39.1. The first-order valence-electron chi connectivity index (χ1n) is 24.8. The van der Waals surface area contributed by atoms with E-state index >= 15 is 8.78 Å². The highest BCUT2D eigenvalue weighted by atomic mass is 35.5. The molecule has 0 spiro atoms. The summed E-state index contributed by atoms with van der Waals surface area (Å²) < 4.78 is 216. The molecule has 3 aromatic carbocycles. The maximum Gasteiger partial charge on any atom is 0.524 e. The monoisotopic (exact) mass is 1280 g/mol. The van der Waals surface area contributed by atoms with Crippen molar-refractivity contribution in [1.29, 1.82) is 0 Å². The van der Waals surface area contributed by atoms with Gasteiger partial charge in [0.1, 0.15) is 46.6 Å². The Morgan fingerprint density at radius 1 is 0.988 bits per heavy atom. The number of hydrogen-bond acceptors (Lipinski definition) is 12. The second-order valence-electron chi connectivity index (χ2n) is 21.3. The molecule has 2 aliphatic rings. The number of amides is 2. The van der Waals surface area contributed by atoms with Gasteiger partial charge in [-0.2, -0.15) is 45.3 Å². The van der Waals surface area contributed by atoms with Crippen molar-refractivity contribution < 1.29 is 99.4 Å². The number of nitrogens with zero attached hydrogens (tertiary/aromatic N) is 6. The van der Waals surface area contributed by atoms with Gasteiger partial charge in [0.05, 0.1) is 52.2 Å².